The van der Waals surface area contributed by atoms with Gasteiger partial charge in [-0.15, -0.1) is 11.3 Å². The molecule has 12 rings (SSSR count). The first-order valence-corrected chi connectivity index (χ1v) is 20.1. The third-order valence-corrected chi connectivity index (χ3v) is 12.2. The van der Waals surface area contributed by atoms with Gasteiger partial charge in [0.2, 0.25) is 0 Å². The van der Waals surface area contributed by atoms with Gasteiger partial charge in [0.25, 0.3) is 0 Å². The Morgan fingerprint density at radius 2 is 1.00 bits per heavy atom. The molecule has 0 saturated carbocycles. The molecule has 4 aromatic heterocycles. The summed E-state index contributed by atoms with van der Waals surface area (Å²) in [5.74, 6) is 1.74. The van der Waals surface area contributed by atoms with Crippen LogP contribution in [0.2, 0.25) is 0 Å². The number of benzene rings is 8. The number of nitrogens with zero attached hydrogens (tertiary/aromatic N) is 4. The lowest BCUT2D eigenvalue weighted by atomic mass is 9.96. The third-order valence-electron chi connectivity index (χ3n) is 11.1. The van der Waals surface area contributed by atoms with Gasteiger partial charge in [-0.1, -0.05) is 133 Å². The number of rotatable bonds is 5. The fourth-order valence-electron chi connectivity index (χ4n) is 8.41. The molecule has 58 heavy (non-hydrogen) atoms. The van der Waals surface area contributed by atoms with Crippen molar-refractivity contribution >= 4 is 75.1 Å². The van der Waals surface area contributed by atoms with Gasteiger partial charge in [0.15, 0.2) is 17.5 Å². The summed E-state index contributed by atoms with van der Waals surface area (Å²) in [7, 11) is 0. The molecule has 0 atom stereocenters. The number of pyridine rings is 1. The van der Waals surface area contributed by atoms with Crippen LogP contribution in [0, 0.1) is 0 Å². The number of aromatic nitrogens is 4. The van der Waals surface area contributed by atoms with Crippen LogP contribution in [0.3, 0.4) is 0 Å². The van der Waals surface area contributed by atoms with Crippen LogP contribution in [-0.2, 0) is 0 Å². The van der Waals surface area contributed by atoms with E-state index in [1.165, 1.54) is 20.2 Å². The Kier molecular flexibility index (Phi) is 7.33. The second-order valence-electron chi connectivity index (χ2n) is 14.6. The molecule has 0 fully saturated rings. The minimum atomic E-state index is 0.556. The smallest absolute Gasteiger partial charge is 0.167 e. The number of furan rings is 1. The predicted molar refractivity (Wildman–Crippen MR) is 240 cm³/mol. The molecule has 0 radical (unpaired) electrons. The maximum absolute atomic E-state index is 6.51. The second kappa shape index (κ2) is 13.0. The molecule has 0 amide bonds. The molecule has 8 aromatic carbocycles. The summed E-state index contributed by atoms with van der Waals surface area (Å²) >= 11 is 1.81. The van der Waals surface area contributed by atoms with Gasteiger partial charge in [0.1, 0.15) is 11.2 Å². The van der Waals surface area contributed by atoms with Crippen molar-refractivity contribution in [2.45, 2.75) is 0 Å². The van der Waals surface area contributed by atoms with Crippen LogP contribution in [0.25, 0.3) is 120 Å². The summed E-state index contributed by atoms with van der Waals surface area (Å²) in [5, 5.41) is 7.93. The minimum Gasteiger partial charge on any atom is -0.455 e. The first-order valence-electron chi connectivity index (χ1n) is 19.3. The van der Waals surface area contributed by atoms with Gasteiger partial charge >= 0.3 is 0 Å². The van der Waals surface area contributed by atoms with Crippen LogP contribution in [0.15, 0.2) is 186 Å². The van der Waals surface area contributed by atoms with E-state index < -0.39 is 0 Å². The zero-order valence-corrected chi connectivity index (χ0v) is 31.7. The largest absolute Gasteiger partial charge is 0.455 e. The average molecular weight is 759 g/mol. The zero-order valence-electron chi connectivity index (χ0n) is 30.9. The van der Waals surface area contributed by atoms with E-state index in [0.29, 0.717) is 17.5 Å². The Balaban J connectivity index is 1.11. The van der Waals surface area contributed by atoms with E-state index >= 15 is 0 Å². The van der Waals surface area contributed by atoms with Crippen molar-refractivity contribution < 1.29 is 4.42 Å². The number of para-hydroxylation sites is 3. The number of hydrogen-bond donors (Lipinski definition) is 0. The van der Waals surface area contributed by atoms with Gasteiger partial charge in [0, 0.05) is 63.8 Å². The first kappa shape index (κ1) is 32.7. The third kappa shape index (κ3) is 5.23. The van der Waals surface area contributed by atoms with Crippen LogP contribution < -0.4 is 0 Å². The summed E-state index contributed by atoms with van der Waals surface area (Å²) in [5.41, 5.74) is 9.49. The van der Waals surface area contributed by atoms with Crippen molar-refractivity contribution in [3.05, 3.63) is 182 Å². The first-order chi connectivity index (χ1) is 28.7. The topological polar surface area (TPSA) is 64.7 Å². The van der Waals surface area contributed by atoms with E-state index in [9.17, 15) is 0 Å². The van der Waals surface area contributed by atoms with Crippen LogP contribution in [0.4, 0.5) is 0 Å². The van der Waals surface area contributed by atoms with Crippen molar-refractivity contribution in [2.75, 3.05) is 0 Å². The summed E-state index contributed by atoms with van der Waals surface area (Å²) in [4.78, 5) is 20.9. The molecule has 6 heteroatoms. The number of thiophene rings is 1. The van der Waals surface area contributed by atoms with Gasteiger partial charge in [-0.2, -0.15) is 0 Å². The van der Waals surface area contributed by atoms with E-state index in [1.54, 1.807) is 0 Å². The Morgan fingerprint density at radius 3 is 1.84 bits per heavy atom. The van der Waals surface area contributed by atoms with E-state index in [2.05, 4.69) is 146 Å². The second-order valence-corrected chi connectivity index (χ2v) is 15.6. The monoisotopic (exact) mass is 758 g/mol. The summed E-state index contributed by atoms with van der Waals surface area (Å²) < 4.78 is 8.94. The maximum Gasteiger partial charge on any atom is 0.167 e. The van der Waals surface area contributed by atoms with Gasteiger partial charge in [0.05, 0.1) is 16.8 Å². The summed E-state index contributed by atoms with van der Waals surface area (Å²) in [6.07, 6.45) is 0. The average Bonchev–Trinajstić information content (AvgIpc) is 3.87. The molecule has 0 aliphatic rings. The fourth-order valence-corrected chi connectivity index (χ4v) is 9.50. The van der Waals surface area contributed by atoms with Gasteiger partial charge < -0.3 is 4.42 Å². The maximum atomic E-state index is 6.51. The number of hydrogen-bond acceptors (Lipinski definition) is 6. The summed E-state index contributed by atoms with van der Waals surface area (Å²) in [6.45, 7) is 0. The Labute approximate surface area is 336 Å². The van der Waals surface area contributed by atoms with E-state index in [1.807, 2.05) is 47.7 Å². The molecule has 4 heterocycles. The highest BCUT2D eigenvalue weighted by molar-refractivity contribution is 7.26. The lowest BCUT2D eigenvalue weighted by molar-refractivity contribution is 0.669. The lowest BCUT2D eigenvalue weighted by Gasteiger charge is -2.12. The molecule has 0 spiro atoms. The Morgan fingerprint density at radius 1 is 0.362 bits per heavy atom. The molecule has 0 N–H and O–H groups in total. The van der Waals surface area contributed by atoms with E-state index in [0.717, 1.165) is 82.7 Å². The fraction of sp³-hybridized carbons (Fsp3) is 0. The molecule has 0 bridgehead atoms. The zero-order chi connectivity index (χ0) is 38.2. The molecule has 0 aliphatic heterocycles. The Hall–Kier alpha value is -7.54. The highest BCUT2D eigenvalue weighted by Crippen LogP contribution is 2.44. The van der Waals surface area contributed by atoms with Crippen molar-refractivity contribution in [2.24, 2.45) is 0 Å². The molecular formula is C52H30N4OS. The quantitative estimate of drug-likeness (QED) is 0.164. The molecular weight excluding hydrogens is 729 g/mol. The molecule has 0 saturated heterocycles. The van der Waals surface area contributed by atoms with Crippen molar-refractivity contribution in [3.63, 3.8) is 0 Å². The van der Waals surface area contributed by atoms with Gasteiger partial charge in [-0.25, -0.2) is 19.9 Å². The molecule has 12 aromatic rings. The van der Waals surface area contributed by atoms with Crippen LogP contribution in [-0.4, -0.2) is 19.9 Å². The Bertz CT molecular complexity index is 3570. The highest BCUT2D eigenvalue weighted by atomic mass is 32.1. The predicted octanol–water partition coefficient (Wildman–Crippen LogP) is 14.2. The van der Waals surface area contributed by atoms with Crippen molar-refractivity contribution in [1.82, 2.24) is 19.9 Å². The SMILES string of the molecule is c1ccc(-c2cccc(-c3nc(-c4ccc5sc6ccc7c(-c8ccccc8)nc8ccccc8c7c6c5c4)nc(-c4cccc5c4oc4ccccc45)n3)c2)cc1. The van der Waals surface area contributed by atoms with Crippen LogP contribution >= 0.6 is 11.3 Å². The van der Waals surface area contributed by atoms with E-state index in [-0.39, 0.29) is 0 Å². The molecule has 0 aliphatic carbocycles. The number of fused-ring (bicyclic) bond motifs is 10. The standard InChI is InChI=1S/C52H30N4OS/c1-3-13-31(14-4-1)33-17-11-18-34(29-33)50-54-51(56-52(55-50)40-22-12-21-37-36-19-8-10-24-43(36)57-49(37)40)35-25-27-44-41(30-35)47-45(58-44)28-26-39-46(47)38-20-7-9-23-42(38)53-48(39)32-15-5-2-6-16-32/h1-30H. The molecule has 270 valence electrons. The molecule has 5 nitrogen and oxygen atoms in total. The summed E-state index contributed by atoms with van der Waals surface area (Å²) in [6, 6.07) is 63.2. The van der Waals surface area contributed by atoms with Gasteiger partial charge in [-0.05, 0) is 59.7 Å². The van der Waals surface area contributed by atoms with Crippen LogP contribution in [0.1, 0.15) is 0 Å². The van der Waals surface area contributed by atoms with Crippen molar-refractivity contribution in [3.8, 4) is 56.5 Å². The van der Waals surface area contributed by atoms with E-state index in [4.69, 9.17) is 24.4 Å². The van der Waals surface area contributed by atoms with Crippen LogP contribution in [0.5, 0.6) is 0 Å². The molecule has 0 unspecified atom stereocenters. The lowest BCUT2D eigenvalue weighted by Crippen LogP contribution is -2.00. The normalized spacial score (nSPS) is 11.8. The van der Waals surface area contributed by atoms with Crippen molar-refractivity contribution in [1.29, 1.82) is 0 Å². The van der Waals surface area contributed by atoms with Gasteiger partial charge in [-0.3, -0.25) is 0 Å². The minimum absolute atomic E-state index is 0.556. The highest BCUT2D eigenvalue weighted by Gasteiger charge is 2.20.